The Labute approximate surface area is 175 Å². The van der Waals surface area contributed by atoms with E-state index in [0.29, 0.717) is 12.2 Å². The number of likely N-dealkylation sites (tertiary alicyclic amines) is 1. The van der Waals surface area contributed by atoms with Crippen molar-refractivity contribution in [2.75, 3.05) is 26.2 Å². The van der Waals surface area contributed by atoms with E-state index in [-0.39, 0.29) is 11.3 Å². The molecule has 5 heteroatoms. The highest BCUT2D eigenvalue weighted by atomic mass is 16.5. The van der Waals surface area contributed by atoms with Crippen LogP contribution < -0.4 is 10.4 Å². The lowest BCUT2D eigenvalue weighted by Crippen LogP contribution is -2.33. The molecule has 30 heavy (non-hydrogen) atoms. The first kappa shape index (κ1) is 20.1. The Bertz CT molecular complexity index is 1110. The monoisotopic (exact) mass is 403 g/mol. The van der Waals surface area contributed by atoms with Gasteiger partial charge in [-0.3, -0.25) is 9.69 Å². The average molecular weight is 403 g/mol. The van der Waals surface area contributed by atoms with E-state index in [1.54, 1.807) is 24.3 Å². The van der Waals surface area contributed by atoms with Crippen LogP contribution in [0.4, 0.5) is 0 Å². The molecule has 1 saturated heterocycles. The minimum atomic E-state index is -0.627. The molecule has 5 nitrogen and oxygen atoms in total. The van der Waals surface area contributed by atoms with Gasteiger partial charge >= 0.3 is 5.63 Å². The number of rotatable bonds is 7. The maximum absolute atomic E-state index is 12.5. The van der Waals surface area contributed by atoms with Gasteiger partial charge in [0.05, 0.1) is 0 Å². The van der Waals surface area contributed by atoms with Crippen molar-refractivity contribution in [3.05, 3.63) is 82.2 Å². The first-order valence-electron chi connectivity index (χ1n) is 10.4. The molecule has 0 unspecified atom stereocenters. The lowest BCUT2D eigenvalue weighted by Gasteiger charge is -2.26. The van der Waals surface area contributed by atoms with E-state index in [0.717, 1.165) is 36.3 Å². The number of carbonyl (C=O) groups excluding carboxylic acids is 1. The zero-order chi connectivity index (χ0) is 20.8. The number of ether oxygens (including phenoxy) is 1. The number of ketones is 1. The molecule has 3 aromatic rings. The van der Waals surface area contributed by atoms with Gasteiger partial charge in [-0.05, 0) is 61.8 Å². The Morgan fingerprint density at radius 3 is 2.73 bits per heavy atom. The summed E-state index contributed by atoms with van der Waals surface area (Å²) in [6.45, 7) is 3.87. The van der Waals surface area contributed by atoms with E-state index in [2.05, 4.69) is 4.90 Å². The van der Waals surface area contributed by atoms with Crippen LogP contribution in [-0.4, -0.2) is 36.9 Å². The summed E-state index contributed by atoms with van der Waals surface area (Å²) >= 11 is 0. The second-order valence-electron chi connectivity index (χ2n) is 7.51. The van der Waals surface area contributed by atoms with E-state index in [9.17, 15) is 9.59 Å². The van der Waals surface area contributed by atoms with Gasteiger partial charge in [0.25, 0.3) is 0 Å². The van der Waals surface area contributed by atoms with Crippen LogP contribution in [0.3, 0.4) is 0 Å². The molecule has 0 atom stereocenters. The topological polar surface area (TPSA) is 59.8 Å². The van der Waals surface area contributed by atoms with Crippen LogP contribution in [0.5, 0.6) is 5.75 Å². The molecule has 154 valence electrons. The smallest absolute Gasteiger partial charge is 0.347 e. The van der Waals surface area contributed by atoms with E-state index < -0.39 is 5.63 Å². The molecule has 1 fully saturated rings. The third-order valence-corrected chi connectivity index (χ3v) is 5.32. The Hall–Kier alpha value is -3.18. The van der Waals surface area contributed by atoms with Gasteiger partial charge in [-0.2, -0.15) is 0 Å². The van der Waals surface area contributed by atoms with Crippen molar-refractivity contribution in [3.8, 4) is 5.75 Å². The second kappa shape index (κ2) is 9.55. The molecule has 1 aromatic heterocycles. The summed E-state index contributed by atoms with van der Waals surface area (Å²) in [5.41, 5.74) is 0.707. The fourth-order valence-electron chi connectivity index (χ4n) is 3.68. The molecule has 1 aliphatic rings. The summed E-state index contributed by atoms with van der Waals surface area (Å²) < 4.78 is 11.1. The average Bonchev–Trinajstić information content (AvgIpc) is 2.78. The standard InChI is InChI=1S/C25H25NO4/c27-23(22-18-20-8-2-3-10-24(20)30-25(22)28)12-11-19-7-6-9-21(17-19)29-16-15-26-13-4-1-5-14-26/h2-3,6-12,17-18H,1,4-5,13-16H2/b12-11+. The van der Waals surface area contributed by atoms with Gasteiger partial charge in [0.15, 0.2) is 5.78 Å². The number of hydrogen-bond acceptors (Lipinski definition) is 5. The molecular formula is C25H25NO4. The van der Waals surface area contributed by atoms with Crippen molar-refractivity contribution in [2.24, 2.45) is 0 Å². The van der Waals surface area contributed by atoms with Crippen LogP contribution in [-0.2, 0) is 0 Å². The van der Waals surface area contributed by atoms with Crippen LogP contribution in [0.15, 0.2) is 69.9 Å². The number of fused-ring (bicyclic) bond motifs is 1. The lowest BCUT2D eigenvalue weighted by atomic mass is 10.1. The van der Waals surface area contributed by atoms with Gasteiger partial charge in [0.2, 0.25) is 0 Å². The predicted molar refractivity (Wildman–Crippen MR) is 118 cm³/mol. The molecular weight excluding hydrogens is 378 g/mol. The molecule has 2 aromatic carbocycles. The fourth-order valence-corrected chi connectivity index (χ4v) is 3.68. The quantitative estimate of drug-likeness (QED) is 0.329. The van der Waals surface area contributed by atoms with Crippen molar-refractivity contribution in [1.29, 1.82) is 0 Å². The molecule has 0 amide bonds. The Morgan fingerprint density at radius 2 is 1.87 bits per heavy atom. The molecule has 0 aliphatic carbocycles. The van der Waals surface area contributed by atoms with Crippen LogP contribution in [0.2, 0.25) is 0 Å². The first-order chi connectivity index (χ1) is 14.7. The van der Waals surface area contributed by atoms with Crippen LogP contribution in [0.25, 0.3) is 17.0 Å². The second-order valence-corrected chi connectivity index (χ2v) is 7.51. The minimum Gasteiger partial charge on any atom is -0.492 e. The van der Waals surface area contributed by atoms with Gasteiger partial charge in [-0.15, -0.1) is 0 Å². The van der Waals surface area contributed by atoms with Crippen LogP contribution in [0, 0.1) is 0 Å². The predicted octanol–water partition coefficient (Wildman–Crippen LogP) is 4.55. The Morgan fingerprint density at radius 1 is 1.03 bits per heavy atom. The maximum atomic E-state index is 12.5. The molecule has 0 radical (unpaired) electrons. The number of piperidine rings is 1. The number of carbonyl (C=O) groups is 1. The summed E-state index contributed by atoms with van der Waals surface area (Å²) in [7, 11) is 0. The van der Waals surface area contributed by atoms with E-state index in [1.807, 2.05) is 36.4 Å². The normalized spacial score (nSPS) is 14.9. The molecule has 0 N–H and O–H groups in total. The van der Waals surface area contributed by atoms with E-state index >= 15 is 0 Å². The minimum absolute atomic E-state index is 0.0267. The van der Waals surface area contributed by atoms with Crippen molar-refractivity contribution in [1.82, 2.24) is 4.90 Å². The first-order valence-corrected chi connectivity index (χ1v) is 10.4. The van der Waals surface area contributed by atoms with Gasteiger partial charge in [0.1, 0.15) is 23.5 Å². The summed E-state index contributed by atoms with van der Waals surface area (Å²) in [6, 6.07) is 16.3. The van der Waals surface area contributed by atoms with Crippen LogP contribution in [0.1, 0.15) is 35.2 Å². The molecule has 0 saturated carbocycles. The van der Waals surface area contributed by atoms with Crippen molar-refractivity contribution in [3.63, 3.8) is 0 Å². The highest BCUT2D eigenvalue weighted by Crippen LogP contribution is 2.17. The van der Waals surface area contributed by atoms with Gasteiger partial charge < -0.3 is 9.15 Å². The van der Waals surface area contributed by atoms with Crippen LogP contribution >= 0.6 is 0 Å². The van der Waals surface area contributed by atoms with Gasteiger partial charge in [0, 0.05) is 11.9 Å². The third-order valence-electron chi connectivity index (χ3n) is 5.32. The van der Waals surface area contributed by atoms with Crippen molar-refractivity contribution in [2.45, 2.75) is 19.3 Å². The number of allylic oxidation sites excluding steroid dienone is 1. The van der Waals surface area contributed by atoms with E-state index in [1.165, 1.54) is 25.3 Å². The summed E-state index contributed by atoms with van der Waals surface area (Å²) in [4.78, 5) is 27.1. The highest BCUT2D eigenvalue weighted by molar-refractivity contribution is 6.07. The lowest BCUT2D eigenvalue weighted by molar-refractivity contribution is 0.104. The Balaban J connectivity index is 1.40. The van der Waals surface area contributed by atoms with Crippen molar-refractivity contribution < 1.29 is 13.9 Å². The SMILES string of the molecule is O=C(/C=C/c1cccc(OCCN2CCCCC2)c1)c1cc2ccccc2oc1=O. The number of benzene rings is 2. The summed E-state index contributed by atoms with van der Waals surface area (Å²) in [5.74, 6) is 0.387. The third kappa shape index (κ3) is 5.05. The van der Waals surface area contributed by atoms with Gasteiger partial charge in [-0.1, -0.05) is 42.8 Å². The number of nitrogens with zero attached hydrogens (tertiary/aromatic N) is 1. The largest absolute Gasteiger partial charge is 0.492 e. The fraction of sp³-hybridized carbons (Fsp3) is 0.280. The number of para-hydroxylation sites is 1. The van der Waals surface area contributed by atoms with Gasteiger partial charge in [-0.25, -0.2) is 4.79 Å². The van der Waals surface area contributed by atoms with E-state index in [4.69, 9.17) is 9.15 Å². The summed E-state index contributed by atoms with van der Waals surface area (Å²) in [5, 5.41) is 0.720. The molecule has 1 aliphatic heterocycles. The molecule has 0 spiro atoms. The zero-order valence-corrected chi connectivity index (χ0v) is 16.9. The molecule has 0 bridgehead atoms. The maximum Gasteiger partial charge on any atom is 0.347 e. The highest BCUT2D eigenvalue weighted by Gasteiger charge is 2.11. The number of hydrogen-bond donors (Lipinski definition) is 0. The summed E-state index contributed by atoms with van der Waals surface area (Å²) in [6.07, 6.45) is 6.95. The zero-order valence-electron chi connectivity index (χ0n) is 16.9. The Kier molecular flexibility index (Phi) is 6.40. The molecule has 2 heterocycles. The van der Waals surface area contributed by atoms with Crippen molar-refractivity contribution >= 4 is 22.8 Å². The molecule has 4 rings (SSSR count).